The van der Waals surface area contributed by atoms with Gasteiger partial charge in [0, 0.05) is 29.7 Å². The van der Waals surface area contributed by atoms with Crippen molar-refractivity contribution in [3.05, 3.63) is 34.9 Å². The number of nitrogens with zero attached hydrogens (tertiary/aromatic N) is 1. The molecule has 1 aromatic rings. The van der Waals surface area contributed by atoms with Crippen molar-refractivity contribution in [3.8, 4) is 0 Å². The van der Waals surface area contributed by atoms with E-state index in [-0.39, 0.29) is 17.7 Å². The number of carbonyl (C=O) groups excluding carboxylic acids is 2. The van der Waals surface area contributed by atoms with Crippen molar-refractivity contribution in [2.24, 2.45) is 5.92 Å². The first kappa shape index (κ1) is 16.3. The maximum Gasteiger partial charge on any atom is 0.253 e. The van der Waals surface area contributed by atoms with Crippen molar-refractivity contribution in [1.82, 2.24) is 10.2 Å². The largest absolute Gasteiger partial charge is 0.353 e. The number of hydrogen-bond acceptors (Lipinski definition) is 2. The van der Waals surface area contributed by atoms with E-state index in [1.54, 1.807) is 29.2 Å². The molecule has 2 amide bonds. The predicted octanol–water partition coefficient (Wildman–Crippen LogP) is 3.25. The van der Waals surface area contributed by atoms with Gasteiger partial charge in [-0.15, -0.1) is 0 Å². The summed E-state index contributed by atoms with van der Waals surface area (Å²) in [7, 11) is 0. The molecule has 1 unspecified atom stereocenters. The third-order valence-electron chi connectivity index (χ3n) is 4.85. The van der Waals surface area contributed by atoms with Crippen LogP contribution in [-0.2, 0) is 4.79 Å². The number of likely N-dealkylation sites (tertiary alicyclic amines) is 1. The maximum atomic E-state index is 12.6. The molecule has 0 spiro atoms. The molecule has 1 aliphatic carbocycles. The second-order valence-electron chi connectivity index (χ2n) is 6.59. The molecule has 1 saturated heterocycles. The molecule has 0 bridgehead atoms. The minimum atomic E-state index is -0.0903. The lowest BCUT2D eigenvalue weighted by molar-refractivity contribution is -0.127. The lowest BCUT2D eigenvalue weighted by Crippen LogP contribution is -2.47. The Balaban J connectivity index is 1.61. The number of benzene rings is 1. The summed E-state index contributed by atoms with van der Waals surface area (Å²) in [4.78, 5) is 26.8. The highest BCUT2D eigenvalue weighted by molar-refractivity contribution is 6.30. The molecule has 1 aromatic carbocycles. The van der Waals surface area contributed by atoms with Crippen LogP contribution in [0.1, 0.15) is 48.9 Å². The smallest absolute Gasteiger partial charge is 0.253 e. The normalized spacial score (nSPS) is 22.1. The molecule has 5 heteroatoms. The fourth-order valence-corrected chi connectivity index (χ4v) is 3.76. The van der Waals surface area contributed by atoms with E-state index in [1.165, 1.54) is 12.8 Å². The van der Waals surface area contributed by atoms with Crippen LogP contribution in [0, 0.1) is 5.92 Å². The van der Waals surface area contributed by atoms with Crippen LogP contribution in [0.4, 0.5) is 0 Å². The van der Waals surface area contributed by atoms with Crippen molar-refractivity contribution in [1.29, 1.82) is 0 Å². The summed E-state index contributed by atoms with van der Waals surface area (Å²) in [5.41, 5.74) is 0.592. The molecule has 124 valence electrons. The van der Waals surface area contributed by atoms with E-state index in [4.69, 9.17) is 11.6 Å². The lowest BCUT2D eigenvalue weighted by atomic mass is 9.96. The van der Waals surface area contributed by atoms with Gasteiger partial charge in [-0.25, -0.2) is 0 Å². The van der Waals surface area contributed by atoms with E-state index in [9.17, 15) is 9.59 Å². The van der Waals surface area contributed by atoms with Crippen molar-refractivity contribution >= 4 is 23.4 Å². The molecular weight excluding hydrogens is 312 g/mol. The average molecular weight is 335 g/mol. The molecule has 1 heterocycles. The highest BCUT2D eigenvalue weighted by atomic mass is 35.5. The van der Waals surface area contributed by atoms with Crippen molar-refractivity contribution in [3.63, 3.8) is 0 Å². The first-order valence-electron chi connectivity index (χ1n) is 8.49. The number of amides is 2. The molecular formula is C18H23ClN2O2. The van der Waals surface area contributed by atoms with Crippen molar-refractivity contribution < 1.29 is 9.59 Å². The van der Waals surface area contributed by atoms with Gasteiger partial charge in [0.15, 0.2) is 0 Å². The number of hydrogen-bond donors (Lipinski definition) is 1. The van der Waals surface area contributed by atoms with Gasteiger partial charge < -0.3 is 10.2 Å². The van der Waals surface area contributed by atoms with Crippen LogP contribution in [0.2, 0.25) is 5.02 Å². The molecule has 2 fully saturated rings. The van der Waals surface area contributed by atoms with Gasteiger partial charge in [0.05, 0.1) is 5.92 Å². The molecule has 3 rings (SSSR count). The van der Waals surface area contributed by atoms with Gasteiger partial charge in [0.1, 0.15) is 0 Å². The molecule has 1 saturated carbocycles. The van der Waals surface area contributed by atoms with Crippen LogP contribution in [0.15, 0.2) is 24.3 Å². The average Bonchev–Trinajstić information content (AvgIpc) is 3.07. The monoisotopic (exact) mass is 334 g/mol. The summed E-state index contributed by atoms with van der Waals surface area (Å²) in [5, 5.41) is 3.72. The van der Waals surface area contributed by atoms with Gasteiger partial charge in [-0.3, -0.25) is 9.59 Å². The quantitative estimate of drug-likeness (QED) is 0.922. The van der Waals surface area contributed by atoms with Gasteiger partial charge in [0.25, 0.3) is 5.91 Å². The first-order valence-corrected chi connectivity index (χ1v) is 8.86. The van der Waals surface area contributed by atoms with Gasteiger partial charge in [-0.1, -0.05) is 30.5 Å². The molecule has 0 aromatic heterocycles. The zero-order valence-corrected chi connectivity index (χ0v) is 14.0. The second kappa shape index (κ2) is 7.35. The van der Waals surface area contributed by atoms with E-state index in [0.717, 1.165) is 25.7 Å². The molecule has 1 aliphatic heterocycles. The minimum absolute atomic E-state index is 0.0362. The zero-order valence-electron chi connectivity index (χ0n) is 13.3. The van der Waals surface area contributed by atoms with Crippen molar-refractivity contribution in [2.45, 2.75) is 44.6 Å². The van der Waals surface area contributed by atoms with Gasteiger partial charge in [-0.2, -0.15) is 0 Å². The Morgan fingerprint density at radius 3 is 2.65 bits per heavy atom. The molecule has 4 nitrogen and oxygen atoms in total. The standard InChI is InChI=1S/C18H23ClN2O2/c19-15-7-3-5-13(11-15)18(23)21-10-4-6-14(12-21)17(22)20-16-8-1-2-9-16/h3,5,7,11,14,16H,1-2,4,6,8-10,12H2,(H,20,22). The molecule has 23 heavy (non-hydrogen) atoms. The highest BCUT2D eigenvalue weighted by Gasteiger charge is 2.30. The lowest BCUT2D eigenvalue weighted by Gasteiger charge is -2.32. The first-order chi connectivity index (χ1) is 11.1. The maximum absolute atomic E-state index is 12.6. The fraction of sp³-hybridized carbons (Fsp3) is 0.556. The Kier molecular flexibility index (Phi) is 5.21. The minimum Gasteiger partial charge on any atom is -0.353 e. The van der Waals surface area contributed by atoms with Gasteiger partial charge in [-0.05, 0) is 43.9 Å². The van der Waals surface area contributed by atoms with Gasteiger partial charge >= 0.3 is 0 Å². The predicted molar refractivity (Wildman–Crippen MR) is 90.5 cm³/mol. The van der Waals surface area contributed by atoms with E-state index in [0.29, 0.717) is 29.7 Å². The fourth-order valence-electron chi connectivity index (χ4n) is 3.57. The summed E-state index contributed by atoms with van der Waals surface area (Å²) < 4.78 is 0. The van der Waals surface area contributed by atoms with Crippen LogP contribution in [0.3, 0.4) is 0 Å². The summed E-state index contributed by atoms with van der Waals surface area (Å²) in [6.45, 7) is 1.21. The Morgan fingerprint density at radius 1 is 1.13 bits per heavy atom. The number of rotatable bonds is 3. The summed E-state index contributed by atoms with van der Waals surface area (Å²) in [5.74, 6) is -0.0150. The SMILES string of the molecule is O=C(NC1CCCC1)C1CCCN(C(=O)c2cccc(Cl)c2)C1. The molecule has 1 N–H and O–H groups in total. The molecule has 1 atom stereocenters. The molecule has 0 radical (unpaired) electrons. The Bertz CT molecular complexity index is 584. The van der Waals surface area contributed by atoms with Crippen LogP contribution in [0.5, 0.6) is 0 Å². The van der Waals surface area contributed by atoms with E-state index >= 15 is 0 Å². The van der Waals surface area contributed by atoms with E-state index in [1.807, 2.05) is 0 Å². The van der Waals surface area contributed by atoms with E-state index < -0.39 is 0 Å². The zero-order chi connectivity index (χ0) is 16.2. The summed E-state index contributed by atoms with van der Waals surface area (Å²) in [6.07, 6.45) is 6.31. The van der Waals surface area contributed by atoms with Crippen LogP contribution in [0.25, 0.3) is 0 Å². The number of piperidine rings is 1. The Morgan fingerprint density at radius 2 is 1.91 bits per heavy atom. The van der Waals surface area contributed by atoms with Crippen LogP contribution >= 0.6 is 11.6 Å². The second-order valence-corrected chi connectivity index (χ2v) is 7.03. The van der Waals surface area contributed by atoms with Crippen LogP contribution < -0.4 is 5.32 Å². The van der Waals surface area contributed by atoms with E-state index in [2.05, 4.69) is 5.32 Å². The summed E-state index contributed by atoms with van der Waals surface area (Å²) >= 11 is 5.97. The van der Waals surface area contributed by atoms with Gasteiger partial charge in [0.2, 0.25) is 5.91 Å². The van der Waals surface area contributed by atoms with Crippen molar-refractivity contribution in [2.75, 3.05) is 13.1 Å². The number of halogens is 1. The molecule has 2 aliphatic rings. The number of carbonyl (C=O) groups is 2. The Hall–Kier alpha value is -1.55. The number of nitrogens with one attached hydrogen (secondary N) is 1. The highest BCUT2D eigenvalue weighted by Crippen LogP contribution is 2.22. The summed E-state index contributed by atoms with van der Waals surface area (Å²) in [6, 6.07) is 7.33. The Labute approximate surface area is 142 Å². The third-order valence-corrected chi connectivity index (χ3v) is 5.09. The third kappa shape index (κ3) is 4.05. The van der Waals surface area contributed by atoms with Crippen LogP contribution in [-0.4, -0.2) is 35.8 Å². The topological polar surface area (TPSA) is 49.4 Å².